The van der Waals surface area contributed by atoms with Crippen molar-refractivity contribution in [2.45, 2.75) is 33.4 Å². The van der Waals surface area contributed by atoms with Crippen LogP contribution in [0.15, 0.2) is 58.4 Å². The van der Waals surface area contributed by atoms with Crippen LogP contribution in [0, 0.1) is 11.8 Å². The van der Waals surface area contributed by atoms with E-state index in [1.807, 2.05) is 19.3 Å². The topological polar surface area (TPSA) is 49.6 Å². The highest BCUT2D eigenvalue weighted by Crippen LogP contribution is 2.20. The number of hydrogen-bond acceptors (Lipinski definition) is 2. The zero-order chi connectivity index (χ0) is 19.2. The van der Waals surface area contributed by atoms with Gasteiger partial charge in [0.1, 0.15) is 0 Å². The summed E-state index contributed by atoms with van der Waals surface area (Å²) in [4.78, 5) is 18.7. The predicted molar refractivity (Wildman–Crippen MR) is 126 cm³/mol. The molecular weight excluding hydrogens is 463 g/mol. The highest BCUT2D eigenvalue weighted by Gasteiger charge is 2.23. The molecule has 2 unspecified atom stereocenters. The first-order chi connectivity index (χ1) is 13.0. The first-order valence-corrected chi connectivity index (χ1v) is 9.74. The van der Waals surface area contributed by atoms with Crippen molar-refractivity contribution in [3.63, 3.8) is 0 Å². The number of likely N-dealkylation sites (tertiary alicyclic amines) is 1. The largest absolute Gasteiger partial charge is 0.352 e. The lowest BCUT2D eigenvalue weighted by Gasteiger charge is -2.37. The minimum atomic E-state index is 0. The van der Waals surface area contributed by atoms with Crippen molar-refractivity contribution in [2.24, 2.45) is 16.8 Å². The Balaban J connectivity index is 0.00000280. The van der Waals surface area contributed by atoms with Gasteiger partial charge in [-0.2, -0.15) is 0 Å². The predicted octanol–water partition coefficient (Wildman–Crippen LogP) is 3.57. The van der Waals surface area contributed by atoms with Gasteiger partial charge < -0.3 is 14.8 Å². The lowest BCUT2D eigenvalue weighted by molar-refractivity contribution is 0.208. The zero-order valence-corrected chi connectivity index (χ0v) is 19.3. The number of piperidine rings is 1. The average Bonchev–Trinajstić information content (AvgIpc) is 2.65. The average molecular weight is 494 g/mol. The van der Waals surface area contributed by atoms with Gasteiger partial charge in [0.2, 0.25) is 0 Å². The normalized spacial score (nSPS) is 19.8. The van der Waals surface area contributed by atoms with Gasteiger partial charge in [0.25, 0.3) is 5.56 Å². The first kappa shape index (κ1) is 22.5. The Labute approximate surface area is 184 Å². The van der Waals surface area contributed by atoms with Gasteiger partial charge in [-0.1, -0.05) is 44.2 Å². The van der Waals surface area contributed by atoms with Crippen molar-refractivity contribution in [1.82, 2.24) is 14.8 Å². The van der Waals surface area contributed by atoms with E-state index in [4.69, 9.17) is 0 Å². The van der Waals surface area contributed by atoms with Crippen LogP contribution in [0.5, 0.6) is 0 Å². The molecule has 2 aromatic rings. The molecule has 5 nitrogen and oxygen atoms in total. The molecule has 1 N–H and O–H groups in total. The molecular formula is C22H31IN4O. The third kappa shape index (κ3) is 6.09. The van der Waals surface area contributed by atoms with Crippen LogP contribution in [0.1, 0.15) is 31.4 Å². The van der Waals surface area contributed by atoms with Crippen LogP contribution >= 0.6 is 24.0 Å². The Morgan fingerprint density at radius 1 is 1.07 bits per heavy atom. The number of nitrogens with zero attached hydrogens (tertiary/aromatic N) is 3. The molecule has 3 rings (SSSR count). The number of benzene rings is 1. The second-order valence-electron chi connectivity index (χ2n) is 7.74. The van der Waals surface area contributed by atoms with Crippen LogP contribution in [-0.2, 0) is 13.1 Å². The second-order valence-corrected chi connectivity index (χ2v) is 7.74. The monoisotopic (exact) mass is 494 g/mol. The molecule has 2 atom stereocenters. The fourth-order valence-electron chi connectivity index (χ4n) is 3.90. The van der Waals surface area contributed by atoms with Gasteiger partial charge >= 0.3 is 0 Å². The van der Waals surface area contributed by atoms with Crippen LogP contribution in [0.25, 0.3) is 0 Å². The van der Waals surface area contributed by atoms with E-state index in [-0.39, 0.29) is 29.5 Å². The van der Waals surface area contributed by atoms with Crippen molar-refractivity contribution >= 4 is 29.9 Å². The molecule has 0 bridgehead atoms. The van der Waals surface area contributed by atoms with E-state index >= 15 is 0 Å². The minimum absolute atomic E-state index is 0. The number of halogens is 1. The highest BCUT2D eigenvalue weighted by molar-refractivity contribution is 14.0. The number of aromatic nitrogens is 1. The Bertz CT molecular complexity index is 821. The summed E-state index contributed by atoms with van der Waals surface area (Å²) >= 11 is 0. The Morgan fingerprint density at radius 2 is 1.71 bits per heavy atom. The standard InChI is InChI=1S/C22H30N4O.HI/c1-17-12-18(2)15-26(14-17)22(23-3)24-13-19-7-9-20(10-8-19)16-25-11-5-4-6-21(25)27;/h4-11,17-18H,12-16H2,1-3H3,(H,23,24);1H. The fourth-order valence-corrected chi connectivity index (χ4v) is 3.90. The van der Waals surface area contributed by atoms with E-state index in [0.717, 1.165) is 31.2 Å². The van der Waals surface area contributed by atoms with Crippen LogP contribution < -0.4 is 10.9 Å². The van der Waals surface area contributed by atoms with Gasteiger partial charge in [-0.15, -0.1) is 24.0 Å². The summed E-state index contributed by atoms with van der Waals surface area (Å²) in [6.07, 6.45) is 3.11. The van der Waals surface area contributed by atoms with E-state index in [1.54, 1.807) is 16.7 Å². The quantitative estimate of drug-likeness (QED) is 0.402. The molecule has 1 aliphatic rings. The van der Waals surface area contributed by atoms with Gasteiger partial charge in [-0.05, 0) is 35.4 Å². The molecule has 1 aliphatic heterocycles. The summed E-state index contributed by atoms with van der Waals surface area (Å²) in [6, 6.07) is 13.6. The molecule has 1 saturated heterocycles. The van der Waals surface area contributed by atoms with E-state index in [9.17, 15) is 4.79 Å². The second kappa shape index (κ2) is 10.6. The number of hydrogen-bond donors (Lipinski definition) is 1. The third-order valence-corrected chi connectivity index (χ3v) is 5.11. The number of aliphatic imine (C=N–C) groups is 1. The molecule has 0 radical (unpaired) electrons. The summed E-state index contributed by atoms with van der Waals surface area (Å²) in [5.41, 5.74) is 2.35. The number of rotatable bonds is 4. The van der Waals surface area contributed by atoms with Gasteiger partial charge in [-0.25, -0.2) is 0 Å². The van der Waals surface area contributed by atoms with E-state index < -0.39 is 0 Å². The van der Waals surface area contributed by atoms with Crippen molar-refractivity contribution < 1.29 is 0 Å². The molecule has 1 aromatic carbocycles. The Kier molecular flexibility index (Phi) is 8.54. The summed E-state index contributed by atoms with van der Waals surface area (Å²) < 4.78 is 1.72. The lowest BCUT2D eigenvalue weighted by atomic mass is 9.92. The number of nitrogens with one attached hydrogen (secondary N) is 1. The Hall–Kier alpha value is -1.83. The maximum Gasteiger partial charge on any atom is 0.250 e. The van der Waals surface area contributed by atoms with Gasteiger partial charge in [0, 0.05) is 38.9 Å². The maximum absolute atomic E-state index is 11.8. The van der Waals surface area contributed by atoms with Crippen LogP contribution in [-0.4, -0.2) is 35.6 Å². The minimum Gasteiger partial charge on any atom is -0.352 e. The van der Waals surface area contributed by atoms with Crippen molar-refractivity contribution in [3.05, 3.63) is 70.1 Å². The highest BCUT2D eigenvalue weighted by atomic mass is 127. The molecule has 2 heterocycles. The Morgan fingerprint density at radius 3 is 2.32 bits per heavy atom. The van der Waals surface area contributed by atoms with Gasteiger partial charge in [-0.3, -0.25) is 9.79 Å². The molecule has 1 fully saturated rings. The first-order valence-electron chi connectivity index (χ1n) is 9.74. The van der Waals surface area contributed by atoms with Crippen LogP contribution in [0.2, 0.25) is 0 Å². The lowest BCUT2D eigenvalue weighted by Crippen LogP contribution is -2.48. The molecule has 1 aromatic heterocycles. The van der Waals surface area contributed by atoms with E-state index in [0.29, 0.717) is 18.4 Å². The SMILES string of the molecule is CN=C(NCc1ccc(Cn2ccccc2=O)cc1)N1CC(C)CC(C)C1.I. The van der Waals surface area contributed by atoms with Crippen LogP contribution in [0.4, 0.5) is 0 Å². The summed E-state index contributed by atoms with van der Waals surface area (Å²) in [5.74, 6) is 2.38. The van der Waals surface area contributed by atoms with Crippen LogP contribution in [0.3, 0.4) is 0 Å². The fraction of sp³-hybridized carbons (Fsp3) is 0.455. The van der Waals surface area contributed by atoms with Crippen molar-refractivity contribution in [3.8, 4) is 0 Å². The summed E-state index contributed by atoms with van der Waals surface area (Å²) in [7, 11) is 1.85. The summed E-state index contributed by atoms with van der Waals surface area (Å²) in [6.45, 7) is 8.10. The smallest absolute Gasteiger partial charge is 0.250 e. The zero-order valence-electron chi connectivity index (χ0n) is 17.0. The molecule has 6 heteroatoms. The maximum atomic E-state index is 11.8. The van der Waals surface area contributed by atoms with Gasteiger partial charge in [0.15, 0.2) is 5.96 Å². The van der Waals surface area contributed by atoms with Crippen molar-refractivity contribution in [1.29, 1.82) is 0 Å². The molecule has 0 aliphatic carbocycles. The molecule has 152 valence electrons. The third-order valence-electron chi connectivity index (χ3n) is 5.11. The molecule has 0 saturated carbocycles. The van der Waals surface area contributed by atoms with E-state index in [2.05, 4.69) is 53.3 Å². The molecule has 28 heavy (non-hydrogen) atoms. The van der Waals surface area contributed by atoms with Crippen molar-refractivity contribution in [2.75, 3.05) is 20.1 Å². The molecule has 0 amide bonds. The van der Waals surface area contributed by atoms with E-state index in [1.165, 1.54) is 12.0 Å². The molecule has 0 spiro atoms. The van der Waals surface area contributed by atoms with Gasteiger partial charge in [0.05, 0.1) is 6.54 Å². The number of guanidine groups is 1. The number of pyridine rings is 1. The summed E-state index contributed by atoms with van der Waals surface area (Å²) in [5, 5.41) is 3.50.